The number of amides is 3. The molecule has 3 amide bonds. The summed E-state index contributed by atoms with van der Waals surface area (Å²) in [6, 6.07) is 0.624. The molecule has 9 heterocycles. The molecule has 9 rings (SSSR count). The van der Waals surface area contributed by atoms with Gasteiger partial charge in [-0.1, -0.05) is 12.2 Å². The highest BCUT2D eigenvalue weighted by Crippen LogP contribution is 2.31. The lowest BCUT2D eigenvalue weighted by atomic mass is 10.2. The predicted molar refractivity (Wildman–Crippen MR) is 254 cm³/mol. The number of carbonyl (C=O) groups is 3. The fourth-order valence-corrected chi connectivity index (χ4v) is 8.82. The molecule has 21 nitrogen and oxygen atoms in total. The number of epoxide rings is 1. The van der Waals surface area contributed by atoms with E-state index in [1.165, 1.54) is 0 Å². The van der Waals surface area contributed by atoms with Crippen LogP contribution in [0.5, 0.6) is 0 Å². The lowest BCUT2D eigenvalue weighted by Gasteiger charge is -2.33. The van der Waals surface area contributed by atoms with Gasteiger partial charge in [-0.2, -0.15) is 0 Å². The maximum atomic E-state index is 12.0. The van der Waals surface area contributed by atoms with E-state index >= 15 is 0 Å². The van der Waals surface area contributed by atoms with E-state index in [0.29, 0.717) is 64.6 Å². The molecule has 8 unspecified atom stereocenters. The topological polar surface area (TPSA) is 223 Å². The second kappa shape index (κ2) is 26.0. The van der Waals surface area contributed by atoms with Gasteiger partial charge in [0.2, 0.25) is 0 Å². The van der Waals surface area contributed by atoms with E-state index in [1.54, 1.807) is 14.7 Å². The third-order valence-electron chi connectivity index (χ3n) is 12.4. The summed E-state index contributed by atoms with van der Waals surface area (Å²) in [5.41, 5.74) is -1.29. The van der Waals surface area contributed by atoms with E-state index in [1.807, 2.05) is 74.5 Å². The molecule has 21 heteroatoms. The van der Waals surface area contributed by atoms with Gasteiger partial charge in [0.05, 0.1) is 83.6 Å². The Hall–Kier alpha value is -2.93. The van der Waals surface area contributed by atoms with Crippen LogP contribution in [-0.4, -0.2) is 273 Å². The minimum Gasteiger partial charge on any atom is -0.444 e. The van der Waals surface area contributed by atoms with Crippen LogP contribution in [0.2, 0.25) is 0 Å². The summed E-state index contributed by atoms with van der Waals surface area (Å²) < 4.78 is 36.8. The third kappa shape index (κ3) is 19.0. The van der Waals surface area contributed by atoms with Crippen LogP contribution >= 0.6 is 0 Å². The minimum atomic E-state index is -0.509. The summed E-state index contributed by atoms with van der Waals surface area (Å²) in [5, 5.41) is 35.7. The summed E-state index contributed by atoms with van der Waals surface area (Å²) >= 11 is 0. The monoisotopic (exact) mass is 971 g/mol. The number of nitrogens with zero attached hydrogens (tertiary/aromatic N) is 6. The lowest BCUT2D eigenvalue weighted by Crippen LogP contribution is -2.49. The molecule has 0 spiro atoms. The second-order valence-corrected chi connectivity index (χ2v) is 21.5. The molecule has 392 valence electrons. The summed E-state index contributed by atoms with van der Waals surface area (Å²) in [6.07, 6.45) is 2.81. The van der Waals surface area contributed by atoms with Gasteiger partial charge in [0.1, 0.15) is 29.0 Å². The molecule has 0 aromatic rings. The summed E-state index contributed by atoms with van der Waals surface area (Å²) in [5.74, 6) is 0. The first-order valence-corrected chi connectivity index (χ1v) is 24.7. The number of rotatable bonds is 3. The van der Waals surface area contributed by atoms with Crippen molar-refractivity contribution in [1.82, 2.24) is 40.0 Å². The van der Waals surface area contributed by atoms with Gasteiger partial charge < -0.3 is 73.8 Å². The maximum Gasteiger partial charge on any atom is 0.410 e. The molecular weight excluding hydrogens is 885 g/mol. The van der Waals surface area contributed by atoms with Crippen molar-refractivity contribution < 1.29 is 62.9 Å². The van der Waals surface area contributed by atoms with E-state index in [2.05, 4.69) is 25.3 Å². The zero-order valence-electron chi connectivity index (χ0n) is 42.4. The summed E-state index contributed by atoms with van der Waals surface area (Å²) in [6.45, 7) is 33.8. The molecule has 0 bridgehead atoms. The smallest absolute Gasteiger partial charge is 0.410 e. The van der Waals surface area contributed by atoms with Crippen molar-refractivity contribution in [3.63, 3.8) is 0 Å². The average molecular weight is 971 g/mol. The number of β-amino-alcohol motifs (C(OH)–C–C–N with tert-alkyl or cyclic N) is 3. The maximum absolute atomic E-state index is 12.0. The molecule has 8 saturated heterocycles. The number of nitrogens with one attached hydrogen (secondary N) is 2. The normalized spacial score (nSPS) is 30.9. The number of likely N-dealkylation sites (tertiary alicyclic amines) is 2. The number of carbonyl (C=O) groups excluding carboxylic acids is 3. The van der Waals surface area contributed by atoms with Gasteiger partial charge in [0.15, 0.2) is 0 Å². The Labute approximate surface area is 404 Å². The van der Waals surface area contributed by atoms with Gasteiger partial charge in [-0.25, -0.2) is 14.4 Å². The van der Waals surface area contributed by atoms with Gasteiger partial charge in [0.25, 0.3) is 0 Å². The van der Waals surface area contributed by atoms with Crippen molar-refractivity contribution in [1.29, 1.82) is 0 Å². The molecule has 9 aliphatic heterocycles. The van der Waals surface area contributed by atoms with Crippen molar-refractivity contribution in [2.75, 3.05) is 144 Å². The zero-order chi connectivity index (χ0) is 49.6. The first kappa shape index (κ1) is 56.0. The highest BCUT2D eigenvalue weighted by atomic mass is 16.6. The largest absolute Gasteiger partial charge is 0.444 e. The molecule has 8 fully saturated rings. The number of hydrogen-bond donors (Lipinski definition) is 5. The quantitative estimate of drug-likeness (QED) is 0.147. The second-order valence-electron chi connectivity index (χ2n) is 21.5. The number of hydrogen-bond acceptors (Lipinski definition) is 18. The van der Waals surface area contributed by atoms with E-state index in [0.717, 1.165) is 91.9 Å². The molecule has 0 aromatic carbocycles. The van der Waals surface area contributed by atoms with Gasteiger partial charge in [0, 0.05) is 97.2 Å². The van der Waals surface area contributed by atoms with Crippen molar-refractivity contribution in [3.8, 4) is 0 Å². The van der Waals surface area contributed by atoms with Crippen LogP contribution in [0.4, 0.5) is 14.4 Å². The van der Waals surface area contributed by atoms with Crippen molar-refractivity contribution in [3.05, 3.63) is 12.2 Å². The van der Waals surface area contributed by atoms with Crippen LogP contribution in [0.25, 0.3) is 0 Å². The van der Waals surface area contributed by atoms with E-state index in [9.17, 15) is 29.7 Å². The van der Waals surface area contributed by atoms with E-state index < -0.39 is 17.3 Å². The van der Waals surface area contributed by atoms with Gasteiger partial charge in [-0.15, -0.1) is 0 Å². The van der Waals surface area contributed by atoms with Gasteiger partial charge in [-0.3, -0.25) is 14.7 Å². The fraction of sp³-hybridized carbons (Fsp3) is 0.894. The van der Waals surface area contributed by atoms with Gasteiger partial charge >= 0.3 is 18.3 Å². The van der Waals surface area contributed by atoms with Crippen molar-refractivity contribution in [2.24, 2.45) is 0 Å². The number of fused-ring (bicyclic) bond motifs is 1. The predicted octanol–water partition coefficient (Wildman–Crippen LogP) is 0.399. The Bertz CT molecular complexity index is 1520. The molecule has 0 aliphatic carbocycles. The number of morpholine rings is 4. The van der Waals surface area contributed by atoms with Crippen molar-refractivity contribution >= 4 is 18.3 Å². The Morgan fingerprint density at radius 3 is 1.15 bits per heavy atom. The Balaban J connectivity index is 0.000000161. The molecular formula is C47H86N8O13. The SMILES string of the molecule is CC(C)(C)OC(=O)N1CC(O)C(N2CCOCC2)C1.CC(C)(C)OC(=O)N1CC2OC2C1.CC(C)(C)OC(=O)N1CC=CC1.OC1CNCC1N1CCOCC1.OC1CNCC1N1CCOCC1. The van der Waals surface area contributed by atoms with Crippen LogP contribution in [0, 0.1) is 0 Å². The Morgan fingerprint density at radius 1 is 0.471 bits per heavy atom. The fourth-order valence-electron chi connectivity index (χ4n) is 8.82. The summed E-state index contributed by atoms with van der Waals surface area (Å²) in [4.78, 5) is 46.6. The lowest BCUT2D eigenvalue weighted by molar-refractivity contribution is -0.00644. The average Bonchev–Trinajstić information content (AvgIpc) is 3.97. The highest BCUT2D eigenvalue weighted by Gasteiger charge is 2.49. The van der Waals surface area contributed by atoms with Crippen LogP contribution in [0.1, 0.15) is 62.3 Å². The zero-order valence-corrected chi connectivity index (χ0v) is 42.4. The van der Waals surface area contributed by atoms with Crippen LogP contribution in [-0.2, 0) is 33.2 Å². The number of ether oxygens (including phenoxy) is 7. The Kier molecular flexibility index (Phi) is 21.4. The molecule has 68 heavy (non-hydrogen) atoms. The molecule has 9 aliphatic rings. The van der Waals surface area contributed by atoms with Crippen LogP contribution in [0.15, 0.2) is 12.2 Å². The molecule has 5 N–H and O–H groups in total. The highest BCUT2D eigenvalue weighted by molar-refractivity contribution is 5.70. The molecule has 8 atom stereocenters. The first-order chi connectivity index (χ1) is 32.1. The number of aliphatic hydroxyl groups is 3. The number of aliphatic hydroxyl groups excluding tert-OH is 3. The molecule has 0 saturated carbocycles. The standard InChI is InChI=1S/C13H24N2O4.C9H15NO3.C9H15NO2.2C8H16N2O2/c1-13(2,3)19-12(17)15-8-10(11(16)9-15)14-4-6-18-7-5-14;1-9(2,3)13-8(11)10-4-6-7(5-10)12-6;1-9(2,3)12-8(11)10-6-4-5-7-10;2*11-8-6-9-5-7(8)10-1-3-12-4-2-10/h10-11,16H,4-9H2,1-3H3;6-7H,4-5H2,1-3H3;4-5H,6-7H2,1-3H3;2*7-9,11H,1-6H2. The third-order valence-corrected chi connectivity index (χ3v) is 12.4. The first-order valence-electron chi connectivity index (χ1n) is 24.7. The minimum absolute atomic E-state index is 0.00332. The molecule has 0 aromatic heterocycles. The molecule has 0 radical (unpaired) electrons. The summed E-state index contributed by atoms with van der Waals surface area (Å²) in [7, 11) is 0. The van der Waals surface area contributed by atoms with E-state index in [4.69, 9.17) is 33.2 Å². The van der Waals surface area contributed by atoms with Crippen molar-refractivity contribution in [2.45, 2.75) is 128 Å². The Morgan fingerprint density at radius 2 is 0.809 bits per heavy atom. The van der Waals surface area contributed by atoms with Gasteiger partial charge in [-0.05, 0) is 62.3 Å². The van der Waals surface area contributed by atoms with E-state index in [-0.39, 0.29) is 54.3 Å². The van der Waals surface area contributed by atoms with Crippen LogP contribution in [0.3, 0.4) is 0 Å². The van der Waals surface area contributed by atoms with Crippen LogP contribution < -0.4 is 10.6 Å².